The minimum Gasteiger partial charge on any atom is -0.386 e. The Morgan fingerprint density at radius 2 is 2.29 bits per heavy atom. The van der Waals surface area contributed by atoms with Gasteiger partial charge in [-0.2, -0.15) is 5.10 Å². The Morgan fingerprint density at radius 1 is 1.71 bits per heavy atom. The number of hydrogen-bond donors (Lipinski definition) is 1. The van der Waals surface area contributed by atoms with Gasteiger partial charge in [0.25, 0.3) is 0 Å². The SMILES string of the molecule is Cn1ncc(Br)c1C(O)CS(C)(=O)=O. The molecule has 0 saturated carbocycles. The van der Waals surface area contributed by atoms with Gasteiger partial charge in [-0.3, -0.25) is 4.68 Å². The molecular formula is C7H11BrN2O3S. The number of aryl methyl sites for hydroxylation is 1. The van der Waals surface area contributed by atoms with Crippen LogP contribution in [-0.2, 0) is 16.9 Å². The first-order valence-corrected chi connectivity index (χ1v) is 6.70. The van der Waals surface area contributed by atoms with Crippen molar-refractivity contribution in [2.24, 2.45) is 7.05 Å². The summed E-state index contributed by atoms with van der Waals surface area (Å²) in [5.41, 5.74) is 0.468. The molecular weight excluding hydrogens is 272 g/mol. The van der Waals surface area contributed by atoms with Gasteiger partial charge in [-0.1, -0.05) is 0 Å². The molecule has 0 radical (unpaired) electrons. The highest BCUT2D eigenvalue weighted by molar-refractivity contribution is 9.10. The summed E-state index contributed by atoms with van der Waals surface area (Å²) in [4.78, 5) is 0. The van der Waals surface area contributed by atoms with Gasteiger partial charge in [0, 0.05) is 13.3 Å². The second-order valence-electron chi connectivity index (χ2n) is 3.11. The number of halogens is 1. The summed E-state index contributed by atoms with van der Waals surface area (Å²) < 4.78 is 24.0. The Balaban J connectivity index is 2.95. The molecule has 1 heterocycles. The first kappa shape index (κ1) is 11.7. The molecule has 0 aromatic carbocycles. The summed E-state index contributed by atoms with van der Waals surface area (Å²) in [6.07, 6.45) is 1.55. The van der Waals surface area contributed by atoms with Gasteiger partial charge in [-0.25, -0.2) is 8.42 Å². The third kappa shape index (κ3) is 2.79. The Morgan fingerprint density at radius 3 is 2.64 bits per heavy atom. The number of sulfone groups is 1. The Hall–Kier alpha value is -0.400. The predicted octanol–water partition coefficient (Wildman–Crippen LogP) is 0.261. The van der Waals surface area contributed by atoms with Crippen molar-refractivity contribution in [1.29, 1.82) is 0 Å². The molecule has 0 bridgehead atoms. The van der Waals surface area contributed by atoms with Gasteiger partial charge >= 0.3 is 0 Å². The van der Waals surface area contributed by atoms with Crippen molar-refractivity contribution in [3.05, 3.63) is 16.4 Å². The molecule has 1 atom stereocenters. The van der Waals surface area contributed by atoms with E-state index in [1.807, 2.05) is 0 Å². The maximum absolute atomic E-state index is 11.0. The standard InChI is InChI=1S/C7H11BrN2O3S/c1-10-7(5(8)3-9-10)6(11)4-14(2,12)13/h3,6,11H,4H2,1-2H3. The van der Waals surface area contributed by atoms with Crippen LogP contribution >= 0.6 is 15.9 Å². The number of aliphatic hydroxyl groups excluding tert-OH is 1. The Bertz CT molecular complexity index is 407. The number of nitrogens with zero attached hydrogens (tertiary/aromatic N) is 2. The fourth-order valence-electron chi connectivity index (χ4n) is 1.16. The monoisotopic (exact) mass is 282 g/mol. The summed E-state index contributed by atoms with van der Waals surface area (Å²) >= 11 is 3.19. The second kappa shape index (κ2) is 4.00. The largest absolute Gasteiger partial charge is 0.386 e. The van der Waals surface area contributed by atoms with Crippen molar-refractivity contribution < 1.29 is 13.5 Å². The van der Waals surface area contributed by atoms with Crippen molar-refractivity contribution in [3.63, 3.8) is 0 Å². The molecule has 5 nitrogen and oxygen atoms in total. The highest BCUT2D eigenvalue weighted by Gasteiger charge is 2.20. The number of aliphatic hydroxyl groups is 1. The fourth-order valence-corrected chi connectivity index (χ4v) is 2.50. The molecule has 80 valence electrons. The summed E-state index contributed by atoms with van der Waals surface area (Å²) in [6, 6.07) is 0. The van der Waals surface area contributed by atoms with E-state index in [1.54, 1.807) is 7.05 Å². The molecule has 0 saturated heterocycles. The molecule has 7 heteroatoms. The Labute approximate surface area is 90.8 Å². The minimum absolute atomic E-state index is 0.300. The lowest BCUT2D eigenvalue weighted by Crippen LogP contribution is -2.16. The first-order chi connectivity index (χ1) is 6.31. The van der Waals surface area contributed by atoms with Crippen LogP contribution in [-0.4, -0.2) is 35.3 Å². The van der Waals surface area contributed by atoms with Gasteiger partial charge in [-0.15, -0.1) is 0 Å². The summed E-state index contributed by atoms with van der Waals surface area (Å²) in [6.45, 7) is 0. The predicted molar refractivity (Wildman–Crippen MR) is 55.6 cm³/mol. The molecule has 1 aromatic rings. The fraction of sp³-hybridized carbons (Fsp3) is 0.571. The third-order valence-corrected chi connectivity index (χ3v) is 3.25. The zero-order valence-electron chi connectivity index (χ0n) is 7.81. The van der Waals surface area contributed by atoms with E-state index in [-0.39, 0.29) is 5.75 Å². The average Bonchev–Trinajstić information content (AvgIpc) is 2.27. The minimum atomic E-state index is -3.19. The van der Waals surface area contributed by atoms with Gasteiger partial charge in [0.1, 0.15) is 15.9 Å². The van der Waals surface area contributed by atoms with Crippen LogP contribution in [0.1, 0.15) is 11.8 Å². The van der Waals surface area contributed by atoms with Crippen molar-refractivity contribution >= 4 is 25.8 Å². The molecule has 0 aliphatic heterocycles. The molecule has 0 aliphatic carbocycles. The number of rotatable bonds is 3. The number of hydrogen-bond acceptors (Lipinski definition) is 4. The van der Waals surface area contributed by atoms with Crippen molar-refractivity contribution in [2.45, 2.75) is 6.10 Å². The van der Waals surface area contributed by atoms with Crippen LogP contribution in [0, 0.1) is 0 Å². The lowest BCUT2D eigenvalue weighted by atomic mass is 10.3. The Kier molecular flexibility index (Phi) is 3.33. The van der Waals surface area contributed by atoms with E-state index in [0.717, 1.165) is 6.26 Å². The van der Waals surface area contributed by atoms with Crippen LogP contribution < -0.4 is 0 Å². The molecule has 0 spiro atoms. The van der Waals surface area contributed by atoms with Gasteiger partial charge in [0.05, 0.1) is 22.1 Å². The maximum atomic E-state index is 11.0. The molecule has 0 fully saturated rings. The van der Waals surface area contributed by atoms with Gasteiger partial charge in [-0.05, 0) is 15.9 Å². The van der Waals surface area contributed by atoms with Crippen LogP contribution in [0.2, 0.25) is 0 Å². The third-order valence-electron chi connectivity index (χ3n) is 1.71. The van der Waals surface area contributed by atoms with Crippen LogP contribution in [0.15, 0.2) is 10.7 Å². The smallest absolute Gasteiger partial charge is 0.150 e. The highest BCUT2D eigenvalue weighted by Crippen LogP contribution is 2.23. The van der Waals surface area contributed by atoms with Crippen LogP contribution in [0.3, 0.4) is 0 Å². The van der Waals surface area contributed by atoms with E-state index in [4.69, 9.17) is 0 Å². The molecule has 1 rings (SSSR count). The zero-order valence-corrected chi connectivity index (χ0v) is 10.2. The van der Waals surface area contributed by atoms with Crippen LogP contribution in [0.25, 0.3) is 0 Å². The molecule has 14 heavy (non-hydrogen) atoms. The first-order valence-electron chi connectivity index (χ1n) is 3.84. The zero-order chi connectivity index (χ0) is 10.9. The van der Waals surface area contributed by atoms with E-state index >= 15 is 0 Å². The lowest BCUT2D eigenvalue weighted by Gasteiger charge is -2.10. The molecule has 1 N–H and O–H groups in total. The maximum Gasteiger partial charge on any atom is 0.150 e. The van der Waals surface area contributed by atoms with E-state index in [9.17, 15) is 13.5 Å². The average molecular weight is 283 g/mol. The van der Waals surface area contributed by atoms with E-state index in [0.29, 0.717) is 10.2 Å². The van der Waals surface area contributed by atoms with Gasteiger partial charge < -0.3 is 5.11 Å². The van der Waals surface area contributed by atoms with Crippen molar-refractivity contribution in [3.8, 4) is 0 Å². The van der Waals surface area contributed by atoms with E-state index < -0.39 is 15.9 Å². The van der Waals surface area contributed by atoms with E-state index in [1.165, 1.54) is 10.9 Å². The van der Waals surface area contributed by atoms with E-state index in [2.05, 4.69) is 21.0 Å². The molecule has 0 amide bonds. The summed E-state index contributed by atoms with van der Waals surface area (Å²) in [5, 5.41) is 13.5. The summed E-state index contributed by atoms with van der Waals surface area (Å²) in [5.74, 6) is -0.300. The highest BCUT2D eigenvalue weighted by atomic mass is 79.9. The molecule has 1 aromatic heterocycles. The van der Waals surface area contributed by atoms with Crippen LogP contribution in [0.4, 0.5) is 0 Å². The van der Waals surface area contributed by atoms with Gasteiger partial charge in [0.2, 0.25) is 0 Å². The second-order valence-corrected chi connectivity index (χ2v) is 6.15. The van der Waals surface area contributed by atoms with Crippen molar-refractivity contribution in [2.75, 3.05) is 12.0 Å². The molecule has 1 unspecified atom stereocenters. The normalized spacial score (nSPS) is 14.3. The molecule has 0 aliphatic rings. The van der Waals surface area contributed by atoms with Crippen LogP contribution in [0.5, 0.6) is 0 Å². The van der Waals surface area contributed by atoms with Crippen molar-refractivity contribution in [1.82, 2.24) is 9.78 Å². The topological polar surface area (TPSA) is 72.2 Å². The number of aromatic nitrogens is 2. The summed E-state index contributed by atoms with van der Waals surface area (Å²) in [7, 11) is -1.55. The lowest BCUT2D eigenvalue weighted by molar-refractivity contribution is 0.191. The quantitative estimate of drug-likeness (QED) is 0.863. The van der Waals surface area contributed by atoms with Gasteiger partial charge in [0.15, 0.2) is 0 Å².